The second-order valence-corrected chi connectivity index (χ2v) is 11.3. The van der Waals surface area contributed by atoms with E-state index in [0.717, 1.165) is 4.47 Å². The van der Waals surface area contributed by atoms with Crippen molar-refractivity contribution in [3.63, 3.8) is 0 Å². The zero-order valence-electron chi connectivity index (χ0n) is 19.9. The minimum Gasteiger partial charge on any atom is -0.454 e. The predicted octanol–water partition coefficient (Wildman–Crippen LogP) is 2.41. The fourth-order valence-corrected chi connectivity index (χ4v) is 5.30. The van der Waals surface area contributed by atoms with Crippen molar-refractivity contribution in [2.24, 2.45) is 5.92 Å². The molecule has 0 unspecified atom stereocenters. The number of hydrogen-bond acceptors (Lipinski definition) is 7. The third-order valence-electron chi connectivity index (χ3n) is 5.37. The number of carbonyl (C=O) groups excluding carboxylic acids is 3. The number of ether oxygens (including phenoxy) is 2. The zero-order chi connectivity index (χ0) is 26.3. The highest BCUT2D eigenvalue weighted by molar-refractivity contribution is 9.10. The summed E-state index contributed by atoms with van der Waals surface area (Å²) in [5.74, 6) is -2.30. The van der Waals surface area contributed by atoms with Crippen LogP contribution in [0.4, 0.5) is 5.69 Å². The first-order valence-corrected chi connectivity index (χ1v) is 13.5. The highest BCUT2D eigenvalue weighted by Crippen LogP contribution is 2.19. The van der Waals surface area contributed by atoms with Crippen LogP contribution in [0.15, 0.2) is 57.9 Å². The van der Waals surface area contributed by atoms with Crippen LogP contribution >= 0.6 is 15.9 Å². The highest BCUT2D eigenvalue weighted by atomic mass is 79.9. The highest BCUT2D eigenvalue weighted by Gasteiger charge is 2.29. The maximum absolute atomic E-state index is 12.9. The normalized spacial score (nSPS) is 15.2. The molecule has 0 radical (unpaired) electrons. The molecular weight excluding hydrogens is 554 g/mol. The molecule has 2 N–H and O–H groups in total. The molecule has 1 aliphatic heterocycles. The van der Waals surface area contributed by atoms with Gasteiger partial charge in [-0.1, -0.05) is 41.9 Å². The Morgan fingerprint density at radius 3 is 2.44 bits per heavy atom. The van der Waals surface area contributed by atoms with Gasteiger partial charge in [-0.25, -0.2) is 13.2 Å². The summed E-state index contributed by atoms with van der Waals surface area (Å²) in [5.41, 5.74) is 0.612. The molecule has 0 aliphatic carbocycles. The lowest BCUT2D eigenvalue weighted by atomic mass is 10.0. The number of nitrogens with one attached hydrogen (secondary N) is 2. The van der Waals surface area contributed by atoms with Crippen LogP contribution in [0.3, 0.4) is 0 Å². The number of morpholine rings is 1. The smallest absolute Gasteiger partial charge is 0.329 e. The molecule has 10 nitrogen and oxygen atoms in total. The standard InChI is InChI=1S/C24H28BrN3O7S/c1-16(2)22(24(31)35-15-21(29)26-19-7-4-6-18(25)14-19)27-23(30)17-5-3-8-20(13-17)36(32,33)28-9-11-34-12-10-28/h3-8,13-14,16,22H,9-12,15H2,1-2H3,(H,26,29)(H,27,30)/t22-/m0/s1. The number of carbonyl (C=O) groups is 3. The molecule has 3 rings (SSSR count). The lowest BCUT2D eigenvalue weighted by Gasteiger charge is -2.26. The summed E-state index contributed by atoms with van der Waals surface area (Å²) in [5, 5.41) is 5.21. The van der Waals surface area contributed by atoms with Gasteiger partial charge in [0.15, 0.2) is 6.61 Å². The summed E-state index contributed by atoms with van der Waals surface area (Å²) in [6.07, 6.45) is 0. The molecule has 1 saturated heterocycles. The van der Waals surface area contributed by atoms with E-state index in [1.165, 1.54) is 28.6 Å². The molecule has 2 aromatic rings. The fourth-order valence-electron chi connectivity index (χ4n) is 3.45. The molecule has 36 heavy (non-hydrogen) atoms. The molecule has 2 aromatic carbocycles. The molecule has 2 amide bonds. The first-order chi connectivity index (χ1) is 17.1. The van der Waals surface area contributed by atoms with Crippen molar-refractivity contribution in [1.82, 2.24) is 9.62 Å². The van der Waals surface area contributed by atoms with Crippen LogP contribution in [0.5, 0.6) is 0 Å². The van der Waals surface area contributed by atoms with Gasteiger partial charge in [0.2, 0.25) is 10.0 Å². The summed E-state index contributed by atoms with van der Waals surface area (Å²) < 4.78 is 38.3. The average Bonchev–Trinajstić information content (AvgIpc) is 2.86. The van der Waals surface area contributed by atoms with Gasteiger partial charge in [-0.2, -0.15) is 4.31 Å². The number of esters is 1. The van der Waals surface area contributed by atoms with Crippen molar-refractivity contribution in [2.45, 2.75) is 24.8 Å². The van der Waals surface area contributed by atoms with Gasteiger partial charge in [0.25, 0.3) is 11.8 Å². The molecule has 1 heterocycles. The molecule has 194 valence electrons. The maximum atomic E-state index is 12.9. The van der Waals surface area contributed by atoms with Crippen LogP contribution in [0.2, 0.25) is 0 Å². The molecule has 0 saturated carbocycles. The third-order valence-corrected chi connectivity index (χ3v) is 7.75. The van der Waals surface area contributed by atoms with E-state index in [2.05, 4.69) is 26.6 Å². The summed E-state index contributed by atoms with van der Waals surface area (Å²) in [4.78, 5) is 37.7. The van der Waals surface area contributed by atoms with E-state index in [1.807, 2.05) is 0 Å². The minimum atomic E-state index is -3.79. The first kappa shape index (κ1) is 27.8. The van der Waals surface area contributed by atoms with E-state index in [9.17, 15) is 22.8 Å². The summed E-state index contributed by atoms with van der Waals surface area (Å²) in [6, 6.07) is 11.5. The monoisotopic (exact) mass is 581 g/mol. The summed E-state index contributed by atoms with van der Waals surface area (Å²) >= 11 is 3.31. The maximum Gasteiger partial charge on any atom is 0.329 e. The lowest BCUT2D eigenvalue weighted by molar-refractivity contribution is -0.150. The number of halogens is 1. The molecular formula is C24H28BrN3O7S. The Bertz CT molecular complexity index is 1210. The fraction of sp³-hybridized carbons (Fsp3) is 0.375. The van der Waals surface area contributed by atoms with Gasteiger partial charge < -0.3 is 20.1 Å². The molecule has 0 bridgehead atoms. The molecule has 1 aliphatic rings. The molecule has 12 heteroatoms. The van der Waals surface area contributed by atoms with Crippen molar-refractivity contribution in [3.05, 3.63) is 58.6 Å². The minimum absolute atomic E-state index is 0.0232. The Labute approximate surface area is 218 Å². The van der Waals surface area contributed by atoms with Crippen LogP contribution < -0.4 is 10.6 Å². The Morgan fingerprint density at radius 2 is 1.78 bits per heavy atom. The van der Waals surface area contributed by atoms with Gasteiger partial charge in [0.05, 0.1) is 18.1 Å². The largest absolute Gasteiger partial charge is 0.454 e. The van der Waals surface area contributed by atoms with Crippen molar-refractivity contribution in [1.29, 1.82) is 0 Å². The van der Waals surface area contributed by atoms with Gasteiger partial charge in [0.1, 0.15) is 6.04 Å². The quantitative estimate of drug-likeness (QED) is 0.435. The third kappa shape index (κ3) is 7.36. The molecule has 0 spiro atoms. The van der Waals surface area contributed by atoms with Gasteiger partial charge in [0, 0.05) is 28.8 Å². The van der Waals surface area contributed by atoms with Crippen molar-refractivity contribution in [3.8, 4) is 0 Å². The Hall–Kier alpha value is -2.80. The molecule has 1 fully saturated rings. The number of rotatable bonds is 9. The second-order valence-electron chi connectivity index (χ2n) is 8.41. The number of anilines is 1. The zero-order valence-corrected chi connectivity index (χ0v) is 22.3. The van der Waals surface area contributed by atoms with Gasteiger partial charge in [-0.3, -0.25) is 9.59 Å². The van der Waals surface area contributed by atoms with Gasteiger partial charge >= 0.3 is 5.97 Å². The second kappa shape index (κ2) is 12.4. The number of sulfonamides is 1. The topological polar surface area (TPSA) is 131 Å². The van der Waals surface area contributed by atoms with Crippen LogP contribution in [0.1, 0.15) is 24.2 Å². The van der Waals surface area contributed by atoms with E-state index in [4.69, 9.17) is 9.47 Å². The van der Waals surface area contributed by atoms with Crippen LogP contribution in [-0.2, 0) is 29.1 Å². The Balaban J connectivity index is 1.63. The van der Waals surface area contributed by atoms with Crippen LogP contribution in [0.25, 0.3) is 0 Å². The van der Waals surface area contributed by atoms with E-state index >= 15 is 0 Å². The van der Waals surface area contributed by atoms with Crippen molar-refractivity contribution in [2.75, 3.05) is 38.2 Å². The number of hydrogen-bond donors (Lipinski definition) is 2. The van der Waals surface area contributed by atoms with E-state index < -0.39 is 40.5 Å². The SMILES string of the molecule is CC(C)[C@H](NC(=O)c1cccc(S(=O)(=O)N2CCOCC2)c1)C(=O)OCC(=O)Nc1cccc(Br)c1. The number of nitrogens with zero attached hydrogens (tertiary/aromatic N) is 1. The van der Waals surface area contributed by atoms with Gasteiger partial charge in [-0.05, 0) is 42.3 Å². The van der Waals surface area contributed by atoms with Crippen molar-refractivity contribution >= 4 is 49.4 Å². The van der Waals surface area contributed by atoms with E-state index in [0.29, 0.717) is 18.9 Å². The number of benzene rings is 2. The predicted molar refractivity (Wildman–Crippen MR) is 136 cm³/mol. The lowest BCUT2D eigenvalue weighted by Crippen LogP contribution is -2.46. The number of amides is 2. The Morgan fingerprint density at radius 1 is 1.08 bits per heavy atom. The van der Waals surface area contributed by atoms with E-state index in [1.54, 1.807) is 38.1 Å². The van der Waals surface area contributed by atoms with Crippen LogP contribution in [-0.4, -0.2) is 69.5 Å². The first-order valence-electron chi connectivity index (χ1n) is 11.3. The van der Waals surface area contributed by atoms with Crippen molar-refractivity contribution < 1.29 is 32.3 Å². The Kier molecular flexibility index (Phi) is 9.60. The summed E-state index contributed by atoms with van der Waals surface area (Å²) in [7, 11) is -3.79. The van der Waals surface area contributed by atoms with E-state index in [-0.39, 0.29) is 29.5 Å². The van der Waals surface area contributed by atoms with Gasteiger partial charge in [-0.15, -0.1) is 0 Å². The molecule has 0 aromatic heterocycles. The summed E-state index contributed by atoms with van der Waals surface area (Å²) in [6.45, 7) is 3.97. The molecule has 1 atom stereocenters. The average molecular weight is 582 g/mol. The van der Waals surface area contributed by atoms with Crippen LogP contribution in [0, 0.1) is 5.92 Å².